The molecule has 1 heterocycles. The number of hydrogen-bond acceptors (Lipinski definition) is 6. The van der Waals surface area contributed by atoms with Crippen LogP contribution in [0, 0.1) is 0 Å². The van der Waals surface area contributed by atoms with Crippen molar-refractivity contribution < 1.29 is 19.4 Å². The highest BCUT2D eigenvalue weighted by molar-refractivity contribution is 5.92. The highest BCUT2D eigenvalue weighted by Gasteiger charge is 2.08. The maximum Gasteiger partial charge on any atom is 0.230 e. The highest BCUT2D eigenvalue weighted by Crippen LogP contribution is 2.14. The third kappa shape index (κ3) is 9.35. The molecule has 7 nitrogen and oxygen atoms in total. The van der Waals surface area contributed by atoms with E-state index >= 15 is 0 Å². The third-order valence-electron chi connectivity index (χ3n) is 5.75. The van der Waals surface area contributed by atoms with E-state index in [9.17, 15) is 9.90 Å². The second-order valence-corrected chi connectivity index (χ2v) is 8.90. The maximum absolute atomic E-state index is 12.5. The summed E-state index contributed by atoms with van der Waals surface area (Å²) in [6.07, 6.45) is 0.378. The number of aliphatic hydroxyl groups excluding tert-OH is 1. The Labute approximate surface area is 223 Å². The Morgan fingerprint density at radius 1 is 0.816 bits per heavy atom. The lowest BCUT2D eigenvalue weighted by Gasteiger charge is -2.13. The van der Waals surface area contributed by atoms with Crippen LogP contribution in [0.4, 0.5) is 5.69 Å². The standard InChI is InChI=1S/C31H33N3O4/c35-28(23-37-29-11-5-2-6-12-29)21-32-19-18-24-14-16-26(17-15-24)33-30(36)20-27-10-7-13-31(34-27)38-22-25-8-3-1-4-9-25/h1-17,28,32,35H,18-23H2,(H,33,36)/t28-/m0/s1. The number of amides is 1. The van der Waals surface area contributed by atoms with Crippen molar-refractivity contribution in [3.63, 3.8) is 0 Å². The number of rotatable bonds is 14. The van der Waals surface area contributed by atoms with Crippen LogP contribution < -0.4 is 20.1 Å². The molecule has 38 heavy (non-hydrogen) atoms. The zero-order chi connectivity index (χ0) is 26.4. The van der Waals surface area contributed by atoms with Crippen LogP contribution >= 0.6 is 0 Å². The molecule has 3 N–H and O–H groups in total. The van der Waals surface area contributed by atoms with Crippen molar-refractivity contribution in [3.8, 4) is 11.6 Å². The quantitative estimate of drug-likeness (QED) is 0.217. The molecule has 0 saturated heterocycles. The molecule has 1 aromatic heterocycles. The van der Waals surface area contributed by atoms with Gasteiger partial charge in [0.05, 0.1) is 12.1 Å². The first-order chi connectivity index (χ1) is 18.6. The van der Waals surface area contributed by atoms with Gasteiger partial charge >= 0.3 is 0 Å². The van der Waals surface area contributed by atoms with E-state index in [1.54, 1.807) is 6.07 Å². The van der Waals surface area contributed by atoms with Crippen molar-refractivity contribution >= 4 is 11.6 Å². The molecule has 4 rings (SSSR count). The summed E-state index contributed by atoms with van der Waals surface area (Å²) in [6, 6.07) is 32.5. The minimum absolute atomic E-state index is 0.140. The summed E-state index contributed by atoms with van der Waals surface area (Å²) < 4.78 is 11.3. The molecule has 3 aromatic carbocycles. The Bertz CT molecular complexity index is 1250. The molecule has 7 heteroatoms. The van der Waals surface area contributed by atoms with Crippen LogP contribution in [0.2, 0.25) is 0 Å². The van der Waals surface area contributed by atoms with Crippen molar-refractivity contribution in [2.45, 2.75) is 25.6 Å². The topological polar surface area (TPSA) is 92.7 Å². The molecule has 0 unspecified atom stereocenters. The van der Waals surface area contributed by atoms with Gasteiger partial charge in [-0.05, 0) is 54.4 Å². The molecule has 196 valence electrons. The largest absolute Gasteiger partial charge is 0.491 e. The van der Waals surface area contributed by atoms with Gasteiger partial charge in [-0.25, -0.2) is 4.98 Å². The molecule has 1 atom stereocenters. The van der Waals surface area contributed by atoms with Gasteiger partial charge in [-0.15, -0.1) is 0 Å². The maximum atomic E-state index is 12.5. The molecule has 0 saturated carbocycles. The minimum Gasteiger partial charge on any atom is -0.491 e. The average Bonchev–Trinajstić information content (AvgIpc) is 2.95. The van der Waals surface area contributed by atoms with E-state index in [1.807, 2.05) is 97.1 Å². The normalized spacial score (nSPS) is 11.5. The number of aliphatic hydroxyl groups is 1. The third-order valence-corrected chi connectivity index (χ3v) is 5.75. The van der Waals surface area contributed by atoms with Crippen molar-refractivity contribution in [3.05, 3.63) is 120 Å². The second-order valence-electron chi connectivity index (χ2n) is 8.90. The summed E-state index contributed by atoms with van der Waals surface area (Å²) in [6.45, 7) is 1.84. The number of aromatic nitrogens is 1. The van der Waals surface area contributed by atoms with E-state index in [1.165, 1.54) is 0 Å². The van der Waals surface area contributed by atoms with Crippen molar-refractivity contribution in [2.24, 2.45) is 0 Å². The van der Waals surface area contributed by atoms with E-state index in [4.69, 9.17) is 9.47 Å². The van der Waals surface area contributed by atoms with E-state index in [0.717, 1.165) is 35.5 Å². The van der Waals surface area contributed by atoms with Gasteiger partial charge in [0.15, 0.2) is 0 Å². The average molecular weight is 512 g/mol. The number of hydrogen-bond donors (Lipinski definition) is 3. The predicted octanol–water partition coefficient (Wildman–Crippen LogP) is 4.41. The summed E-state index contributed by atoms with van der Waals surface area (Å²) in [5.41, 5.74) is 3.57. The Morgan fingerprint density at radius 3 is 2.32 bits per heavy atom. The first-order valence-electron chi connectivity index (χ1n) is 12.7. The fourth-order valence-corrected chi connectivity index (χ4v) is 3.76. The zero-order valence-electron chi connectivity index (χ0n) is 21.3. The fraction of sp³-hybridized carbons (Fsp3) is 0.226. The van der Waals surface area contributed by atoms with Crippen LogP contribution in [0.15, 0.2) is 103 Å². The fourth-order valence-electron chi connectivity index (χ4n) is 3.76. The Kier molecular flexibility index (Phi) is 10.3. The first kappa shape index (κ1) is 26.9. The predicted molar refractivity (Wildman–Crippen MR) is 148 cm³/mol. The summed E-state index contributed by atoms with van der Waals surface area (Å²) in [4.78, 5) is 17.0. The van der Waals surface area contributed by atoms with Crippen molar-refractivity contribution in [1.82, 2.24) is 10.3 Å². The number of ether oxygens (including phenoxy) is 2. The number of carbonyl (C=O) groups is 1. The van der Waals surface area contributed by atoms with Gasteiger partial charge in [-0.1, -0.05) is 66.7 Å². The van der Waals surface area contributed by atoms with Crippen molar-refractivity contribution in [1.29, 1.82) is 0 Å². The van der Waals surface area contributed by atoms with Gasteiger partial charge in [-0.2, -0.15) is 0 Å². The number of nitrogens with one attached hydrogen (secondary N) is 2. The molecule has 0 radical (unpaired) electrons. The van der Waals surface area contributed by atoms with E-state index in [0.29, 0.717) is 24.7 Å². The molecule has 0 spiro atoms. The number of para-hydroxylation sites is 1. The van der Waals surface area contributed by atoms with E-state index in [2.05, 4.69) is 15.6 Å². The van der Waals surface area contributed by atoms with Gasteiger partial charge in [-0.3, -0.25) is 4.79 Å². The Balaban J connectivity index is 1.14. The number of benzene rings is 3. The lowest BCUT2D eigenvalue weighted by Crippen LogP contribution is -2.32. The monoisotopic (exact) mass is 511 g/mol. The highest BCUT2D eigenvalue weighted by atomic mass is 16.5. The van der Waals surface area contributed by atoms with Gasteiger partial charge < -0.3 is 25.2 Å². The molecule has 0 aliphatic heterocycles. The van der Waals surface area contributed by atoms with Gasteiger partial charge in [0.25, 0.3) is 0 Å². The molecule has 0 bridgehead atoms. The first-order valence-corrected chi connectivity index (χ1v) is 12.7. The molecule has 0 aliphatic rings. The minimum atomic E-state index is -0.585. The van der Waals surface area contributed by atoms with E-state index in [-0.39, 0.29) is 18.9 Å². The smallest absolute Gasteiger partial charge is 0.230 e. The summed E-state index contributed by atoms with van der Waals surface area (Å²) in [5, 5.41) is 16.3. The number of nitrogens with zero attached hydrogens (tertiary/aromatic N) is 1. The van der Waals surface area contributed by atoms with Crippen LogP contribution in [0.3, 0.4) is 0 Å². The summed E-state index contributed by atoms with van der Waals surface area (Å²) >= 11 is 0. The van der Waals surface area contributed by atoms with Gasteiger partial charge in [0.2, 0.25) is 11.8 Å². The number of anilines is 1. The second kappa shape index (κ2) is 14.5. The molecule has 4 aromatic rings. The molecule has 1 amide bonds. The van der Waals surface area contributed by atoms with E-state index < -0.39 is 6.10 Å². The molecular formula is C31H33N3O4. The Hall–Kier alpha value is -4.20. The van der Waals surface area contributed by atoms with Gasteiger partial charge in [0, 0.05) is 18.3 Å². The lowest BCUT2D eigenvalue weighted by atomic mass is 10.1. The molecule has 0 fully saturated rings. The summed E-state index contributed by atoms with van der Waals surface area (Å²) in [5.74, 6) is 1.10. The summed E-state index contributed by atoms with van der Waals surface area (Å²) in [7, 11) is 0. The lowest BCUT2D eigenvalue weighted by molar-refractivity contribution is -0.115. The van der Waals surface area contributed by atoms with Crippen LogP contribution in [0.5, 0.6) is 11.6 Å². The SMILES string of the molecule is O=C(Cc1cccc(OCc2ccccc2)n1)Nc1ccc(CCNC[C@H](O)COc2ccccc2)cc1. The van der Waals surface area contributed by atoms with Crippen LogP contribution in [-0.4, -0.2) is 41.8 Å². The van der Waals surface area contributed by atoms with Crippen LogP contribution in [0.25, 0.3) is 0 Å². The van der Waals surface area contributed by atoms with Gasteiger partial charge in [0.1, 0.15) is 25.1 Å². The molecule has 0 aliphatic carbocycles. The van der Waals surface area contributed by atoms with Crippen LogP contribution in [0.1, 0.15) is 16.8 Å². The Morgan fingerprint density at radius 2 is 1.55 bits per heavy atom. The number of carbonyl (C=O) groups excluding carboxylic acids is 1. The number of pyridine rings is 1. The van der Waals surface area contributed by atoms with Crippen LogP contribution in [-0.2, 0) is 24.2 Å². The zero-order valence-corrected chi connectivity index (χ0v) is 21.3. The molecular weight excluding hydrogens is 478 g/mol. The van der Waals surface area contributed by atoms with Crippen molar-refractivity contribution in [2.75, 3.05) is 25.0 Å².